The van der Waals surface area contributed by atoms with Gasteiger partial charge in [-0.15, -0.1) is 0 Å². The normalized spacial score (nSPS) is 31.6. The molecule has 3 atom stereocenters. The maximum Gasteiger partial charge on any atom is 0.0568 e. The van der Waals surface area contributed by atoms with Crippen LogP contribution in [0.5, 0.6) is 0 Å². The van der Waals surface area contributed by atoms with E-state index in [1.807, 2.05) is 0 Å². The van der Waals surface area contributed by atoms with Crippen molar-refractivity contribution in [3.8, 4) is 0 Å². The molecule has 0 aliphatic heterocycles. The van der Waals surface area contributed by atoms with Crippen LogP contribution < -0.4 is 0 Å². The van der Waals surface area contributed by atoms with Crippen LogP contribution in [0.4, 0.5) is 0 Å². The fourth-order valence-corrected chi connectivity index (χ4v) is 2.38. The highest BCUT2D eigenvalue weighted by Gasteiger charge is 2.26. The van der Waals surface area contributed by atoms with Crippen molar-refractivity contribution in [3.05, 3.63) is 0 Å². The van der Waals surface area contributed by atoms with Crippen molar-refractivity contribution in [3.63, 3.8) is 0 Å². The fraction of sp³-hybridized carbons (Fsp3) is 1.00. The summed E-state index contributed by atoms with van der Waals surface area (Å²) < 4.78 is 0. The molecule has 1 rings (SSSR count). The molecule has 1 saturated carbocycles. The van der Waals surface area contributed by atoms with Crippen molar-refractivity contribution in [1.82, 2.24) is 0 Å². The van der Waals surface area contributed by atoms with Gasteiger partial charge in [-0.1, -0.05) is 19.8 Å². The first kappa shape index (κ1) is 11.0. The van der Waals surface area contributed by atoms with Crippen LogP contribution >= 0.6 is 0 Å². The first-order valence-corrected chi connectivity index (χ1v) is 5.56. The Balaban J connectivity index is 2.32. The molecule has 1 aliphatic rings. The van der Waals surface area contributed by atoms with Gasteiger partial charge >= 0.3 is 0 Å². The van der Waals surface area contributed by atoms with Crippen molar-refractivity contribution in [2.75, 3.05) is 6.61 Å². The van der Waals surface area contributed by atoms with Gasteiger partial charge in [0.2, 0.25) is 0 Å². The minimum Gasteiger partial charge on any atom is -0.396 e. The van der Waals surface area contributed by atoms with Crippen LogP contribution in [0, 0.1) is 11.8 Å². The minimum atomic E-state index is -0.126. The summed E-state index contributed by atoms with van der Waals surface area (Å²) in [6.45, 7) is 2.41. The van der Waals surface area contributed by atoms with Gasteiger partial charge in [0, 0.05) is 6.61 Å². The number of hydrogen-bond acceptors (Lipinski definition) is 2. The van der Waals surface area contributed by atoms with E-state index in [0.717, 1.165) is 32.1 Å². The SMILES string of the molecule is CCCC(O)C1CCCC(CO)C1. The summed E-state index contributed by atoms with van der Waals surface area (Å²) in [6.07, 6.45) is 6.35. The lowest BCUT2D eigenvalue weighted by Crippen LogP contribution is -2.27. The summed E-state index contributed by atoms with van der Waals surface area (Å²) in [5.74, 6) is 0.899. The number of aliphatic hydroxyl groups is 2. The smallest absolute Gasteiger partial charge is 0.0568 e. The molecular weight excluding hydrogens is 164 g/mol. The van der Waals surface area contributed by atoms with Crippen molar-refractivity contribution in [2.24, 2.45) is 11.8 Å². The monoisotopic (exact) mass is 186 g/mol. The summed E-state index contributed by atoms with van der Waals surface area (Å²) in [5.41, 5.74) is 0. The molecule has 3 unspecified atom stereocenters. The second-order valence-electron chi connectivity index (χ2n) is 4.33. The predicted octanol–water partition coefficient (Wildman–Crippen LogP) is 1.95. The largest absolute Gasteiger partial charge is 0.396 e. The van der Waals surface area contributed by atoms with Crippen LogP contribution in [0.3, 0.4) is 0 Å². The zero-order valence-electron chi connectivity index (χ0n) is 8.58. The van der Waals surface area contributed by atoms with Gasteiger partial charge in [0.25, 0.3) is 0 Å². The molecule has 78 valence electrons. The van der Waals surface area contributed by atoms with Gasteiger partial charge in [0.15, 0.2) is 0 Å². The molecule has 1 aliphatic carbocycles. The maximum absolute atomic E-state index is 9.81. The van der Waals surface area contributed by atoms with Crippen LogP contribution in [0.2, 0.25) is 0 Å². The van der Waals surface area contributed by atoms with Crippen molar-refractivity contribution >= 4 is 0 Å². The van der Waals surface area contributed by atoms with Crippen molar-refractivity contribution < 1.29 is 10.2 Å². The van der Waals surface area contributed by atoms with Gasteiger partial charge < -0.3 is 10.2 Å². The van der Waals surface area contributed by atoms with Crippen LogP contribution in [-0.2, 0) is 0 Å². The number of aliphatic hydroxyl groups excluding tert-OH is 2. The van der Waals surface area contributed by atoms with Crippen molar-refractivity contribution in [1.29, 1.82) is 0 Å². The Bertz CT molecular complexity index is 136. The molecular formula is C11H22O2. The quantitative estimate of drug-likeness (QED) is 0.704. The van der Waals surface area contributed by atoms with E-state index in [-0.39, 0.29) is 6.10 Å². The highest BCUT2D eigenvalue weighted by Crippen LogP contribution is 2.32. The minimum absolute atomic E-state index is 0.126. The van der Waals surface area contributed by atoms with Gasteiger partial charge in [0.05, 0.1) is 6.10 Å². The molecule has 0 spiro atoms. The number of rotatable bonds is 4. The third-order valence-electron chi connectivity index (χ3n) is 3.21. The molecule has 2 heteroatoms. The van der Waals surface area contributed by atoms with E-state index in [0.29, 0.717) is 18.4 Å². The molecule has 0 amide bonds. The molecule has 13 heavy (non-hydrogen) atoms. The van der Waals surface area contributed by atoms with Crippen LogP contribution in [0.25, 0.3) is 0 Å². The average molecular weight is 186 g/mol. The Labute approximate surface area is 81.0 Å². The van der Waals surface area contributed by atoms with E-state index in [1.54, 1.807) is 0 Å². The summed E-state index contributed by atoms with van der Waals surface area (Å²) in [6, 6.07) is 0. The average Bonchev–Trinajstić information content (AvgIpc) is 2.18. The van der Waals surface area contributed by atoms with E-state index in [1.165, 1.54) is 6.42 Å². The third-order valence-corrected chi connectivity index (χ3v) is 3.21. The van der Waals surface area contributed by atoms with Crippen molar-refractivity contribution in [2.45, 2.75) is 51.6 Å². The highest BCUT2D eigenvalue weighted by atomic mass is 16.3. The molecule has 2 N–H and O–H groups in total. The Morgan fingerprint density at radius 2 is 2.15 bits per heavy atom. The Morgan fingerprint density at radius 3 is 2.77 bits per heavy atom. The van der Waals surface area contributed by atoms with E-state index >= 15 is 0 Å². The number of hydrogen-bond donors (Lipinski definition) is 2. The molecule has 0 heterocycles. The van der Waals surface area contributed by atoms with Gasteiger partial charge in [0.1, 0.15) is 0 Å². The van der Waals surface area contributed by atoms with Crippen LogP contribution in [-0.4, -0.2) is 22.9 Å². The molecule has 0 aromatic heterocycles. The van der Waals surface area contributed by atoms with Gasteiger partial charge in [-0.2, -0.15) is 0 Å². The molecule has 0 aromatic carbocycles. The molecule has 2 nitrogen and oxygen atoms in total. The van der Waals surface area contributed by atoms with Crippen LogP contribution in [0.15, 0.2) is 0 Å². The fourth-order valence-electron chi connectivity index (χ4n) is 2.38. The molecule has 0 bridgehead atoms. The van der Waals surface area contributed by atoms with Gasteiger partial charge in [-0.3, -0.25) is 0 Å². The summed E-state index contributed by atoms with van der Waals surface area (Å²) in [7, 11) is 0. The zero-order chi connectivity index (χ0) is 9.68. The Kier molecular flexibility index (Phi) is 4.74. The standard InChI is InChI=1S/C11H22O2/c1-2-4-11(13)10-6-3-5-9(7-10)8-12/h9-13H,2-8H2,1H3. The first-order chi connectivity index (χ1) is 6.27. The summed E-state index contributed by atoms with van der Waals surface area (Å²) in [4.78, 5) is 0. The van der Waals surface area contributed by atoms with E-state index in [4.69, 9.17) is 5.11 Å². The molecule has 0 saturated heterocycles. The zero-order valence-corrected chi connectivity index (χ0v) is 8.58. The predicted molar refractivity (Wildman–Crippen MR) is 53.4 cm³/mol. The topological polar surface area (TPSA) is 40.5 Å². The lowest BCUT2D eigenvalue weighted by Gasteiger charge is -2.31. The lowest BCUT2D eigenvalue weighted by molar-refractivity contribution is 0.0493. The van der Waals surface area contributed by atoms with E-state index in [2.05, 4.69) is 6.92 Å². The molecule has 0 aromatic rings. The second kappa shape index (κ2) is 5.61. The van der Waals surface area contributed by atoms with Crippen LogP contribution in [0.1, 0.15) is 45.4 Å². The molecule has 1 fully saturated rings. The van der Waals surface area contributed by atoms with Gasteiger partial charge in [-0.05, 0) is 37.5 Å². The molecule has 0 radical (unpaired) electrons. The van der Waals surface area contributed by atoms with E-state index in [9.17, 15) is 5.11 Å². The Morgan fingerprint density at radius 1 is 1.38 bits per heavy atom. The first-order valence-electron chi connectivity index (χ1n) is 5.56. The van der Waals surface area contributed by atoms with E-state index < -0.39 is 0 Å². The highest BCUT2D eigenvalue weighted by molar-refractivity contribution is 4.77. The summed E-state index contributed by atoms with van der Waals surface area (Å²) >= 11 is 0. The van der Waals surface area contributed by atoms with Gasteiger partial charge in [-0.25, -0.2) is 0 Å². The summed E-state index contributed by atoms with van der Waals surface area (Å²) in [5, 5.41) is 18.8. The Hall–Kier alpha value is -0.0800. The lowest BCUT2D eigenvalue weighted by atomic mass is 9.78. The second-order valence-corrected chi connectivity index (χ2v) is 4.33. The maximum atomic E-state index is 9.81. The third kappa shape index (κ3) is 3.28.